The monoisotopic (exact) mass is 266 g/mol. The predicted octanol–water partition coefficient (Wildman–Crippen LogP) is 5.37. The zero-order valence-electron chi connectivity index (χ0n) is 11.8. The van der Waals surface area contributed by atoms with E-state index in [4.69, 9.17) is 5.73 Å². The molecule has 0 radical (unpaired) electrons. The van der Waals surface area contributed by atoms with E-state index in [1.165, 1.54) is 31.3 Å². The minimum absolute atomic E-state index is 0.895. The van der Waals surface area contributed by atoms with Gasteiger partial charge in [0.25, 0.3) is 0 Å². The fourth-order valence-corrected chi connectivity index (χ4v) is 1.91. The van der Waals surface area contributed by atoms with Gasteiger partial charge < -0.3 is 5.73 Å². The number of unbranched alkanes of at least 4 members (excludes halogenated alkanes) is 4. The van der Waals surface area contributed by atoms with Gasteiger partial charge in [-0.3, -0.25) is 0 Å². The Kier molecular flexibility index (Phi) is 10.7. The van der Waals surface area contributed by atoms with Crippen molar-refractivity contribution in [3.8, 4) is 0 Å². The molecule has 0 aliphatic carbocycles. The molecule has 0 aromatic carbocycles. The van der Waals surface area contributed by atoms with Crippen LogP contribution in [0.4, 0.5) is 0 Å². The Hall–Kier alpha value is -0.880. The van der Waals surface area contributed by atoms with Crippen molar-refractivity contribution in [2.75, 3.05) is 0 Å². The van der Waals surface area contributed by atoms with Crippen LogP contribution in [0.25, 0.3) is 0 Å². The fraction of sp³-hybridized carbons (Fsp3) is 0.600. The summed E-state index contributed by atoms with van der Waals surface area (Å²) in [7, 11) is 3.11. The molecule has 102 valence electrons. The van der Waals surface area contributed by atoms with Gasteiger partial charge in [0, 0.05) is 5.70 Å². The first-order chi connectivity index (χ1) is 8.61. The van der Waals surface area contributed by atoms with Crippen molar-refractivity contribution in [3.05, 3.63) is 35.7 Å². The van der Waals surface area contributed by atoms with E-state index >= 15 is 0 Å². The topological polar surface area (TPSA) is 38.4 Å². The Morgan fingerprint density at radius 1 is 1.17 bits per heavy atom. The van der Waals surface area contributed by atoms with Gasteiger partial charge in [-0.15, -0.1) is 0 Å². The van der Waals surface area contributed by atoms with Crippen molar-refractivity contribution >= 4 is 9.03 Å². The predicted molar refractivity (Wildman–Crippen MR) is 83.9 cm³/mol. The fourth-order valence-electron chi connectivity index (χ4n) is 1.77. The lowest BCUT2D eigenvalue weighted by molar-refractivity contribution is 0.611. The molecule has 0 aromatic heterocycles. The quantitative estimate of drug-likeness (QED) is 0.322. The summed E-state index contributed by atoms with van der Waals surface area (Å²) in [6.45, 7) is 7.96. The van der Waals surface area contributed by atoms with Crippen LogP contribution in [0.5, 0.6) is 0 Å². The second-order valence-electron chi connectivity index (χ2n) is 4.65. The van der Waals surface area contributed by atoms with Crippen LogP contribution in [-0.2, 0) is 0 Å². The molecule has 2 N–H and O–H groups in total. The average Bonchev–Trinajstić information content (AvgIpc) is 2.36. The van der Waals surface area contributed by atoms with Gasteiger partial charge in [-0.25, -0.2) is 4.74 Å². The standard InChI is InChI=1S/C15H27N2P/c1-4-10-13(2)11-8-6-5-7-9-12-15(16)14(3)17-18/h4,10,18H,2,5-9,11-12,16H2,1,3H3/b10-4?,15-14-. The molecule has 0 rings (SSSR count). The number of allylic oxidation sites excluding steroid dienone is 5. The van der Waals surface area contributed by atoms with E-state index in [9.17, 15) is 0 Å². The molecule has 0 aromatic rings. The molecule has 0 saturated carbocycles. The lowest BCUT2D eigenvalue weighted by Crippen LogP contribution is -1.99. The normalized spacial score (nSPS) is 12.6. The molecule has 0 saturated heterocycles. The third kappa shape index (κ3) is 9.18. The molecule has 0 fully saturated rings. The average molecular weight is 266 g/mol. The van der Waals surface area contributed by atoms with E-state index in [2.05, 4.69) is 32.5 Å². The molecule has 0 aliphatic rings. The molecule has 0 heterocycles. The molecular weight excluding hydrogens is 239 g/mol. The molecule has 0 amide bonds. The Bertz CT molecular complexity index is 316. The number of nitrogens with two attached hydrogens (primary N) is 1. The summed E-state index contributed by atoms with van der Waals surface area (Å²) in [5.74, 6) is 0. The Morgan fingerprint density at radius 3 is 2.28 bits per heavy atom. The molecular formula is C15H27N2P. The number of hydrogen-bond acceptors (Lipinski definition) is 2. The summed E-state index contributed by atoms with van der Waals surface area (Å²) in [5.41, 5.74) is 8.90. The van der Waals surface area contributed by atoms with Crippen LogP contribution in [0, 0.1) is 0 Å². The maximum Gasteiger partial charge on any atom is 0.0601 e. The van der Waals surface area contributed by atoms with Gasteiger partial charge in [-0.1, -0.05) is 43.6 Å². The van der Waals surface area contributed by atoms with Gasteiger partial charge >= 0.3 is 0 Å². The highest BCUT2D eigenvalue weighted by molar-refractivity contribution is 7.04. The van der Waals surface area contributed by atoms with Crippen LogP contribution in [0.2, 0.25) is 0 Å². The minimum atomic E-state index is 0.895. The second kappa shape index (κ2) is 11.2. The molecule has 0 spiro atoms. The van der Waals surface area contributed by atoms with E-state index in [0.717, 1.165) is 30.7 Å². The summed E-state index contributed by atoms with van der Waals surface area (Å²) in [5, 5.41) is 0. The van der Waals surface area contributed by atoms with Crippen LogP contribution >= 0.6 is 9.03 Å². The van der Waals surface area contributed by atoms with Crippen molar-refractivity contribution in [2.24, 2.45) is 10.5 Å². The minimum Gasteiger partial charge on any atom is -0.401 e. The van der Waals surface area contributed by atoms with E-state index in [-0.39, 0.29) is 0 Å². The number of rotatable bonds is 10. The Balaban J connectivity index is 3.47. The molecule has 0 atom stereocenters. The van der Waals surface area contributed by atoms with Crippen LogP contribution in [-0.4, -0.2) is 0 Å². The van der Waals surface area contributed by atoms with Crippen molar-refractivity contribution in [1.29, 1.82) is 0 Å². The van der Waals surface area contributed by atoms with E-state index in [1.807, 2.05) is 13.8 Å². The SMILES string of the molecule is C=C(C=CC)CCCCCCC/C(N)=C(\C)N=P. The van der Waals surface area contributed by atoms with Crippen LogP contribution in [0.15, 0.2) is 40.4 Å². The second-order valence-corrected chi connectivity index (χ2v) is 4.87. The first-order valence-corrected chi connectivity index (χ1v) is 7.19. The van der Waals surface area contributed by atoms with Crippen molar-refractivity contribution < 1.29 is 0 Å². The molecule has 0 aliphatic heterocycles. The maximum absolute atomic E-state index is 5.88. The lowest BCUT2D eigenvalue weighted by atomic mass is 10.0. The summed E-state index contributed by atoms with van der Waals surface area (Å²) < 4.78 is 3.90. The Labute approximate surface area is 114 Å². The summed E-state index contributed by atoms with van der Waals surface area (Å²) >= 11 is 0. The molecule has 3 heteroatoms. The maximum atomic E-state index is 5.88. The van der Waals surface area contributed by atoms with Crippen molar-refractivity contribution in [1.82, 2.24) is 0 Å². The van der Waals surface area contributed by atoms with Gasteiger partial charge in [0.1, 0.15) is 0 Å². The van der Waals surface area contributed by atoms with Gasteiger partial charge in [0.15, 0.2) is 0 Å². The molecule has 2 nitrogen and oxygen atoms in total. The number of hydrogen-bond donors (Lipinski definition) is 1. The first-order valence-electron chi connectivity index (χ1n) is 6.75. The highest BCUT2D eigenvalue weighted by Gasteiger charge is 1.97. The highest BCUT2D eigenvalue weighted by atomic mass is 31.0. The van der Waals surface area contributed by atoms with E-state index < -0.39 is 0 Å². The molecule has 0 unspecified atom stereocenters. The van der Waals surface area contributed by atoms with E-state index in [1.54, 1.807) is 0 Å². The van der Waals surface area contributed by atoms with Crippen molar-refractivity contribution in [2.45, 2.75) is 58.8 Å². The molecule has 0 bridgehead atoms. The van der Waals surface area contributed by atoms with Gasteiger partial charge in [0.2, 0.25) is 0 Å². The smallest absolute Gasteiger partial charge is 0.0601 e. The van der Waals surface area contributed by atoms with Crippen molar-refractivity contribution in [3.63, 3.8) is 0 Å². The zero-order valence-corrected chi connectivity index (χ0v) is 12.8. The first kappa shape index (κ1) is 17.1. The summed E-state index contributed by atoms with van der Waals surface area (Å²) in [4.78, 5) is 0. The van der Waals surface area contributed by atoms with Gasteiger partial charge in [-0.2, -0.15) is 0 Å². The number of nitrogens with zero attached hydrogens (tertiary/aromatic N) is 1. The van der Waals surface area contributed by atoms with Gasteiger partial charge in [0.05, 0.1) is 5.70 Å². The van der Waals surface area contributed by atoms with Crippen LogP contribution in [0.1, 0.15) is 58.8 Å². The third-order valence-electron chi connectivity index (χ3n) is 2.98. The largest absolute Gasteiger partial charge is 0.401 e. The highest BCUT2D eigenvalue weighted by Crippen LogP contribution is 2.14. The molecule has 18 heavy (non-hydrogen) atoms. The zero-order chi connectivity index (χ0) is 13.8. The summed E-state index contributed by atoms with van der Waals surface area (Å²) in [6.07, 6.45) is 12.4. The van der Waals surface area contributed by atoms with Crippen LogP contribution in [0.3, 0.4) is 0 Å². The summed E-state index contributed by atoms with van der Waals surface area (Å²) in [6, 6.07) is 0. The van der Waals surface area contributed by atoms with Gasteiger partial charge in [-0.05, 0) is 48.6 Å². The Morgan fingerprint density at radius 2 is 1.72 bits per heavy atom. The van der Waals surface area contributed by atoms with E-state index in [0.29, 0.717) is 0 Å². The van der Waals surface area contributed by atoms with Crippen LogP contribution < -0.4 is 5.73 Å². The third-order valence-corrected chi connectivity index (χ3v) is 3.31. The lowest BCUT2D eigenvalue weighted by Gasteiger charge is -2.04.